The Kier molecular flexibility index (Phi) is 6.41. The minimum atomic E-state index is -0.451. The molecule has 0 bridgehead atoms. The first kappa shape index (κ1) is 18.8. The second kappa shape index (κ2) is 8.53. The van der Waals surface area contributed by atoms with E-state index in [0.717, 1.165) is 0 Å². The maximum Gasteiger partial charge on any atom is 0.134 e. The summed E-state index contributed by atoms with van der Waals surface area (Å²) >= 11 is 0. The molecule has 1 aromatic heterocycles. The van der Waals surface area contributed by atoms with Gasteiger partial charge >= 0.3 is 0 Å². The van der Waals surface area contributed by atoms with Crippen molar-refractivity contribution in [1.82, 2.24) is 4.98 Å². The molecule has 0 amide bonds. The van der Waals surface area contributed by atoms with Gasteiger partial charge in [-0.15, -0.1) is 0 Å². The molecule has 0 spiro atoms. The van der Waals surface area contributed by atoms with Gasteiger partial charge in [-0.1, -0.05) is 12.1 Å². The zero-order chi connectivity index (χ0) is 18.4. The lowest BCUT2D eigenvalue weighted by Crippen LogP contribution is -2.04. The van der Waals surface area contributed by atoms with Crippen LogP contribution in [0.5, 0.6) is 0 Å². The van der Waals surface area contributed by atoms with E-state index in [1.165, 1.54) is 6.21 Å². The van der Waals surface area contributed by atoms with Gasteiger partial charge in [0.15, 0.2) is 0 Å². The summed E-state index contributed by atoms with van der Waals surface area (Å²) in [7, 11) is 0. The first-order chi connectivity index (χ1) is 12.2. The molecule has 1 aromatic carbocycles. The van der Waals surface area contributed by atoms with Gasteiger partial charge < -0.3 is 30.5 Å². The van der Waals surface area contributed by atoms with Crippen LogP contribution in [0, 0.1) is 11.3 Å². The summed E-state index contributed by atoms with van der Waals surface area (Å²) in [6.45, 7) is -1.97. The summed E-state index contributed by atoms with van der Waals surface area (Å²) in [6.07, 6.45) is 1.33. The minimum absolute atomic E-state index is 0.137. The normalized spacial score (nSPS) is 11.2. The fraction of sp³-hybridized carbons (Fsp3) is 0.294. The highest BCUT2D eigenvalue weighted by Crippen LogP contribution is 2.35. The number of aromatic amines is 1. The molecule has 6 N–H and O–H groups in total. The van der Waals surface area contributed by atoms with Crippen LogP contribution in [0.3, 0.4) is 0 Å². The summed E-state index contributed by atoms with van der Waals surface area (Å²) in [5, 5.41) is 56.7. The molecule has 0 radical (unpaired) electrons. The van der Waals surface area contributed by atoms with Gasteiger partial charge in [0.1, 0.15) is 18.5 Å². The summed E-state index contributed by atoms with van der Waals surface area (Å²) < 4.78 is 0. The number of nitriles is 1. The zero-order valence-corrected chi connectivity index (χ0v) is 13.4. The Bertz CT molecular complexity index is 821. The van der Waals surface area contributed by atoms with E-state index < -0.39 is 19.9 Å². The third-order valence-electron chi connectivity index (χ3n) is 3.99. The fourth-order valence-electron chi connectivity index (χ4n) is 2.85. The number of hydrogen-bond acceptors (Lipinski definition) is 7. The Morgan fingerprint density at radius 2 is 1.64 bits per heavy atom. The van der Waals surface area contributed by atoms with E-state index in [2.05, 4.69) is 9.98 Å². The molecule has 0 fully saturated rings. The van der Waals surface area contributed by atoms with E-state index in [1.807, 2.05) is 6.07 Å². The predicted molar refractivity (Wildman–Crippen MR) is 89.3 cm³/mol. The van der Waals surface area contributed by atoms with Gasteiger partial charge in [0.2, 0.25) is 0 Å². The second-order valence-corrected chi connectivity index (χ2v) is 5.19. The Hall–Kier alpha value is -2.54. The highest BCUT2D eigenvalue weighted by Gasteiger charge is 2.22. The zero-order valence-electron chi connectivity index (χ0n) is 13.4. The van der Waals surface area contributed by atoms with Crippen molar-refractivity contribution < 1.29 is 25.5 Å². The molecule has 0 aliphatic rings. The standard InChI is InChI=1S/C17H19N3O5/c18-3-15-14(8-24)17(16(20-15)4-19-9-25)11-2-1-10(5-21)12(6-22)13(11)7-23/h1-2,4,20-25H,5-9H2. The number of aromatic nitrogens is 1. The fourth-order valence-corrected chi connectivity index (χ4v) is 2.85. The van der Waals surface area contributed by atoms with Gasteiger partial charge in [0.25, 0.3) is 0 Å². The van der Waals surface area contributed by atoms with Crippen LogP contribution < -0.4 is 0 Å². The van der Waals surface area contributed by atoms with Crippen LogP contribution >= 0.6 is 0 Å². The van der Waals surface area contributed by atoms with E-state index in [1.54, 1.807) is 12.1 Å². The number of nitrogens with one attached hydrogen (secondary N) is 1. The molecule has 8 nitrogen and oxygen atoms in total. The minimum Gasteiger partial charge on any atom is -0.392 e. The average molecular weight is 345 g/mol. The van der Waals surface area contributed by atoms with Crippen LogP contribution in [0.2, 0.25) is 0 Å². The molecule has 0 atom stereocenters. The van der Waals surface area contributed by atoms with Gasteiger partial charge in [-0.05, 0) is 22.3 Å². The van der Waals surface area contributed by atoms with E-state index in [9.17, 15) is 25.7 Å². The highest BCUT2D eigenvalue weighted by atomic mass is 16.3. The maximum atomic E-state index is 9.80. The molecule has 0 saturated carbocycles. The molecule has 132 valence electrons. The van der Waals surface area contributed by atoms with Crippen molar-refractivity contribution in [2.24, 2.45) is 4.99 Å². The van der Waals surface area contributed by atoms with Crippen molar-refractivity contribution >= 4 is 6.21 Å². The van der Waals surface area contributed by atoms with E-state index in [-0.39, 0.29) is 18.9 Å². The molecule has 0 unspecified atom stereocenters. The molecule has 2 rings (SSSR count). The number of hydrogen-bond donors (Lipinski definition) is 6. The average Bonchev–Trinajstić information content (AvgIpc) is 3.01. The number of nitrogens with zero attached hydrogens (tertiary/aromatic N) is 2. The number of aliphatic hydroxyl groups excluding tert-OH is 5. The van der Waals surface area contributed by atoms with E-state index in [0.29, 0.717) is 39.1 Å². The Morgan fingerprint density at radius 1 is 0.960 bits per heavy atom. The lowest BCUT2D eigenvalue weighted by molar-refractivity contribution is 0.248. The van der Waals surface area contributed by atoms with Gasteiger partial charge in [-0.25, -0.2) is 0 Å². The van der Waals surface area contributed by atoms with E-state index in [4.69, 9.17) is 5.11 Å². The second-order valence-electron chi connectivity index (χ2n) is 5.19. The third kappa shape index (κ3) is 3.46. The van der Waals surface area contributed by atoms with Gasteiger partial charge in [0, 0.05) is 17.3 Å². The molecule has 0 aliphatic heterocycles. The van der Waals surface area contributed by atoms with Gasteiger partial charge in [-0.2, -0.15) is 5.26 Å². The SMILES string of the molecule is N#Cc1[nH]c(C=NCO)c(-c2ccc(CO)c(CO)c2CO)c1CO. The quantitative estimate of drug-likeness (QED) is 0.385. The van der Waals surface area contributed by atoms with Crippen LogP contribution in [0.1, 0.15) is 33.6 Å². The highest BCUT2D eigenvalue weighted by molar-refractivity contribution is 5.92. The van der Waals surface area contributed by atoms with Crippen LogP contribution in [-0.2, 0) is 26.4 Å². The molecular formula is C17H19N3O5. The summed E-state index contributed by atoms with van der Waals surface area (Å²) in [4.78, 5) is 6.57. The maximum absolute atomic E-state index is 9.80. The number of H-pyrrole nitrogens is 1. The topological polar surface area (TPSA) is 153 Å². The van der Waals surface area contributed by atoms with Crippen LogP contribution in [0.25, 0.3) is 11.1 Å². The number of aliphatic imine (C=N–C) groups is 1. The van der Waals surface area contributed by atoms with E-state index >= 15 is 0 Å². The Balaban J connectivity index is 2.83. The molecule has 25 heavy (non-hydrogen) atoms. The summed E-state index contributed by atoms with van der Waals surface area (Å²) in [5.74, 6) is 0. The first-order valence-corrected chi connectivity index (χ1v) is 7.49. The molecule has 8 heteroatoms. The molecule has 0 aliphatic carbocycles. The Labute approximate surface area is 144 Å². The van der Waals surface area contributed by atoms with Crippen molar-refractivity contribution in [3.05, 3.63) is 45.8 Å². The first-order valence-electron chi connectivity index (χ1n) is 7.49. The van der Waals surface area contributed by atoms with Crippen molar-refractivity contribution in [1.29, 1.82) is 5.26 Å². The van der Waals surface area contributed by atoms with Crippen LogP contribution in [0.4, 0.5) is 0 Å². The molecule has 0 saturated heterocycles. The smallest absolute Gasteiger partial charge is 0.134 e. The summed E-state index contributed by atoms with van der Waals surface area (Å²) in [5.41, 5.74) is 3.01. The van der Waals surface area contributed by atoms with Crippen LogP contribution in [-0.4, -0.2) is 43.5 Å². The van der Waals surface area contributed by atoms with Gasteiger partial charge in [-0.3, -0.25) is 4.99 Å². The lowest BCUT2D eigenvalue weighted by Gasteiger charge is -2.16. The van der Waals surface area contributed by atoms with Crippen molar-refractivity contribution in [2.75, 3.05) is 6.73 Å². The Morgan fingerprint density at radius 3 is 2.16 bits per heavy atom. The molecular weight excluding hydrogens is 326 g/mol. The lowest BCUT2D eigenvalue weighted by atomic mass is 9.90. The van der Waals surface area contributed by atoms with Crippen molar-refractivity contribution in [3.8, 4) is 17.2 Å². The predicted octanol–water partition coefficient (Wildman–Crippen LogP) is -0.109. The largest absolute Gasteiger partial charge is 0.392 e. The number of benzene rings is 1. The number of rotatable bonds is 7. The summed E-state index contributed by atoms with van der Waals surface area (Å²) in [6, 6.07) is 5.19. The van der Waals surface area contributed by atoms with Crippen molar-refractivity contribution in [2.45, 2.75) is 26.4 Å². The third-order valence-corrected chi connectivity index (χ3v) is 3.99. The molecule has 1 heterocycles. The number of aliphatic hydroxyl groups is 5. The van der Waals surface area contributed by atoms with Gasteiger partial charge in [0.05, 0.1) is 32.1 Å². The molecule has 2 aromatic rings. The van der Waals surface area contributed by atoms with Crippen LogP contribution in [0.15, 0.2) is 17.1 Å². The van der Waals surface area contributed by atoms with Crippen molar-refractivity contribution in [3.63, 3.8) is 0 Å². The monoisotopic (exact) mass is 345 g/mol.